The molecule has 0 fully saturated rings. The standard InChI is InChI=1S/C18H14N2O/c21-18(11-6-15-4-2-1-3-5-15)16-7-9-17(10-8-16)20-13-12-19-14-20/h1-14H/b11-6-. The minimum atomic E-state index is -0.00367. The molecule has 3 heteroatoms. The number of ketones is 1. The molecule has 0 spiro atoms. The number of benzene rings is 2. The predicted molar refractivity (Wildman–Crippen MR) is 83.4 cm³/mol. The molecular weight excluding hydrogens is 260 g/mol. The van der Waals surface area contributed by atoms with E-state index in [1.165, 1.54) is 0 Å². The molecule has 3 aromatic rings. The van der Waals surface area contributed by atoms with Gasteiger partial charge in [0.25, 0.3) is 0 Å². The van der Waals surface area contributed by atoms with Gasteiger partial charge >= 0.3 is 0 Å². The van der Waals surface area contributed by atoms with Crippen molar-refractivity contribution in [3.8, 4) is 5.69 Å². The molecule has 0 saturated carbocycles. The highest BCUT2D eigenvalue weighted by atomic mass is 16.1. The molecule has 3 rings (SSSR count). The van der Waals surface area contributed by atoms with Crippen LogP contribution in [0.2, 0.25) is 0 Å². The molecule has 1 aromatic heterocycles. The Morgan fingerprint density at radius 3 is 2.43 bits per heavy atom. The first-order chi connectivity index (χ1) is 10.3. The fourth-order valence-electron chi connectivity index (χ4n) is 2.04. The summed E-state index contributed by atoms with van der Waals surface area (Å²) in [7, 11) is 0. The average molecular weight is 274 g/mol. The number of imidazole rings is 1. The Labute approximate surface area is 123 Å². The fraction of sp³-hybridized carbons (Fsp3) is 0. The molecular formula is C18H14N2O. The van der Waals surface area contributed by atoms with Crippen LogP contribution in [0.15, 0.2) is 79.4 Å². The van der Waals surface area contributed by atoms with Crippen LogP contribution in [0.25, 0.3) is 11.8 Å². The Morgan fingerprint density at radius 1 is 1.00 bits per heavy atom. The van der Waals surface area contributed by atoms with Crippen LogP contribution < -0.4 is 0 Å². The van der Waals surface area contributed by atoms with Gasteiger partial charge < -0.3 is 4.57 Å². The zero-order chi connectivity index (χ0) is 14.5. The Hall–Kier alpha value is -2.94. The van der Waals surface area contributed by atoms with Gasteiger partial charge in [0.2, 0.25) is 0 Å². The maximum atomic E-state index is 12.1. The van der Waals surface area contributed by atoms with Crippen LogP contribution in [-0.2, 0) is 0 Å². The van der Waals surface area contributed by atoms with Crippen LogP contribution in [0.1, 0.15) is 15.9 Å². The Kier molecular flexibility index (Phi) is 3.74. The lowest BCUT2D eigenvalue weighted by molar-refractivity contribution is 0.104. The van der Waals surface area contributed by atoms with Crippen molar-refractivity contribution in [3.63, 3.8) is 0 Å². The van der Waals surface area contributed by atoms with Gasteiger partial charge in [-0.05, 0) is 35.9 Å². The molecule has 0 N–H and O–H groups in total. The molecule has 2 aromatic carbocycles. The molecule has 0 radical (unpaired) electrons. The lowest BCUT2D eigenvalue weighted by Crippen LogP contribution is -1.96. The van der Waals surface area contributed by atoms with Crippen molar-refractivity contribution in [2.75, 3.05) is 0 Å². The predicted octanol–water partition coefficient (Wildman–Crippen LogP) is 3.77. The molecule has 102 valence electrons. The molecule has 0 saturated heterocycles. The van der Waals surface area contributed by atoms with E-state index in [1.807, 2.05) is 71.4 Å². The number of hydrogen-bond acceptors (Lipinski definition) is 2. The van der Waals surface area contributed by atoms with E-state index in [-0.39, 0.29) is 5.78 Å². The second-order valence-corrected chi connectivity index (χ2v) is 4.63. The first-order valence-corrected chi connectivity index (χ1v) is 6.69. The van der Waals surface area contributed by atoms with Gasteiger partial charge in [0, 0.05) is 23.6 Å². The van der Waals surface area contributed by atoms with Gasteiger partial charge in [0.05, 0.1) is 6.33 Å². The van der Waals surface area contributed by atoms with Gasteiger partial charge in [-0.2, -0.15) is 0 Å². The number of carbonyl (C=O) groups is 1. The van der Waals surface area contributed by atoms with E-state index in [4.69, 9.17) is 0 Å². The molecule has 1 heterocycles. The van der Waals surface area contributed by atoms with Crippen LogP contribution in [0, 0.1) is 0 Å². The summed E-state index contributed by atoms with van der Waals surface area (Å²) in [6, 6.07) is 17.2. The highest BCUT2D eigenvalue weighted by Crippen LogP contribution is 2.11. The summed E-state index contributed by atoms with van der Waals surface area (Å²) < 4.78 is 1.90. The van der Waals surface area contributed by atoms with Crippen molar-refractivity contribution in [1.82, 2.24) is 9.55 Å². The molecule has 0 amide bonds. The van der Waals surface area contributed by atoms with Crippen molar-refractivity contribution >= 4 is 11.9 Å². The third-order valence-electron chi connectivity index (χ3n) is 3.18. The summed E-state index contributed by atoms with van der Waals surface area (Å²) in [6.07, 6.45) is 8.74. The van der Waals surface area contributed by atoms with Crippen molar-refractivity contribution in [2.45, 2.75) is 0 Å². The van der Waals surface area contributed by atoms with E-state index in [0.29, 0.717) is 5.56 Å². The zero-order valence-corrected chi connectivity index (χ0v) is 11.4. The minimum Gasteiger partial charge on any atom is -0.306 e. The largest absolute Gasteiger partial charge is 0.306 e. The normalized spacial score (nSPS) is 10.9. The van der Waals surface area contributed by atoms with Crippen molar-refractivity contribution < 1.29 is 4.79 Å². The molecule has 0 aliphatic rings. The quantitative estimate of drug-likeness (QED) is 0.536. The molecule has 0 bridgehead atoms. The van der Waals surface area contributed by atoms with Crippen molar-refractivity contribution in [1.29, 1.82) is 0 Å². The third-order valence-corrected chi connectivity index (χ3v) is 3.18. The fourth-order valence-corrected chi connectivity index (χ4v) is 2.04. The maximum Gasteiger partial charge on any atom is 0.185 e. The summed E-state index contributed by atoms with van der Waals surface area (Å²) in [4.78, 5) is 16.1. The van der Waals surface area contributed by atoms with Gasteiger partial charge in [-0.15, -0.1) is 0 Å². The molecule has 0 aliphatic carbocycles. The topological polar surface area (TPSA) is 34.9 Å². The van der Waals surface area contributed by atoms with E-state index < -0.39 is 0 Å². The SMILES string of the molecule is O=C(/C=C\c1ccccc1)c1ccc(-n2ccnc2)cc1. The number of hydrogen-bond donors (Lipinski definition) is 0. The van der Waals surface area contributed by atoms with Crippen molar-refractivity contribution in [2.24, 2.45) is 0 Å². The summed E-state index contributed by atoms with van der Waals surface area (Å²) >= 11 is 0. The lowest BCUT2D eigenvalue weighted by Gasteiger charge is -2.02. The summed E-state index contributed by atoms with van der Waals surface area (Å²) in [5.41, 5.74) is 2.67. The molecule has 0 atom stereocenters. The Balaban J connectivity index is 1.75. The monoisotopic (exact) mass is 274 g/mol. The van der Waals surface area contributed by atoms with Crippen LogP contribution in [-0.4, -0.2) is 15.3 Å². The first kappa shape index (κ1) is 13.1. The minimum absolute atomic E-state index is 0.00367. The van der Waals surface area contributed by atoms with E-state index >= 15 is 0 Å². The average Bonchev–Trinajstić information content (AvgIpc) is 3.08. The van der Waals surface area contributed by atoms with E-state index in [0.717, 1.165) is 11.3 Å². The molecule has 21 heavy (non-hydrogen) atoms. The van der Waals surface area contributed by atoms with Crippen LogP contribution in [0.4, 0.5) is 0 Å². The van der Waals surface area contributed by atoms with Gasteiger partial charge in [-0.25, -0.2) is 4.98 Å². The number of rotatable bonds is 4. The zero-order valence-electron chi connectivity index (χ0n) is 11.4. The first-order valence-electron chi connectivity index (χ1n) is 6.69. The highest BCUT2D eigenvalue weighted by Gasteiger charge is 2.02. The third kappa shape index (κ3) is 3.15. The number of carbonyl (C=O) groups excluding carboxylic acids is 1. The smallest absolute Gasteiger partial charge is 0.185 e. The molecule has 0 unspecified atom stereocenters. The Morgan fingerprint density at radius 2 is 1.76 bits per heavy atom. The van der Waals surface area contributed by atoms with Crippen LogP contribution in [0.3, 0.4) is 0 Å². The second kappa shape index (κ2) is 6.01. The van der Waals surface area contributed by atoms with E-state index in [1.54, 1.807) is 18.6 Å². The van der Waals surface area contributed by atoms with Gasteiger partial charge in [0.15, 0.2) is 5.78 Å². The van der Waals surface area contributed by atoms with Crippen LogP contribution in [0.5, 0.6) is 0 Å². The van der Waals surface area contributed by atoms with Gasteiger partial charge in [-0.1, -0.05) is 36.4 Å². The maximum absolute atomic E-state index is 12.1. The molecule has 0 aliphatic heterocycles. The highest BCUT2D eigenvalue weighted by molar-refractivity contribution is 6.06. The van der Waals surface area contributed by atoms with E-state index in [9.17, 15) is 4.79 Å². The van der Waals surface area contributed by atoms with E-state index in [2.05, 4.69) is 4.98 Å². The van der Waals surface area contributed by atoms with Gasteiger partial charge in [0.1, 0.15) is 0 Å². The summed E-state index contributed by atoms with van der Waals surface area (Å²) in [5, 5.41) is 0. The second-order valence-electron chi connectivity index (χ2n) is 4.63. The summed E-state index contributed by atoms with van der Waals surface area (Å²) in [5.74, 6) is -0.00367. The lowest BCUT2D eigenvalue weighted by atomic mass is 10.1. The van der Waals surface area contributed by atoms with Crippen LogP contribution >= 0.6 is 0 Å². The number of aromatic nitrogens is 2. The molecule has 3 nitrogen and oxygen atoms in total. The number of nitrogens with zero attached hydrogens (tertiary/aromatic N) is 2. The Bertz CT molecular complexity index is 742. The van der Waals surface area contributed by atoms with Gasteiger partial charge in [-0.3, -0.25) is 4.79 Å². The summed E-state index contributed by atoms with van der Waals surface area (Å²) in [6.45, 7) is 0. The van der Waals surface area contributed by atoms with Crippen molar-refractivity contribution in [3.05, 3.63) is 90.5 Å². The number of allylic oxidation sites excluding steroid dienone is 1.